The first-order valence-corrected chi connectivity index (χ1v) is 6.72. The van der Waals surface area contributed by atoms with Crippen molar-refractivity contribution in [1.82, 2.24) is 0 Å². The minimum atomic E-state index is -0.288. The summed E-state index contributed by atoms with van der Waals surface area (Å²) in [5, 5.41) is 0. The molecule has 2 rings (SSSR count). The molecule has 1 aliphatic heterocycles. The second kappa shape index (κ2) is 6.53. The molecule has 1 aliphatic rings. The van der Waals surface area contributed by atoms with Gasteiger partial charge in [-0.25, -0.2) is 0 Å². The van der Waals surface area contributed by atoms with Crippen molar-refractivity contribution in [1.29, 1.82) is 0 Å². The molecule has 0 amide bonds. The molecule has 0 bridgehead atoms. The van der Waals surface area contributed by atoms with Gasteiger partial charge in [0.25, 0.3) is 0 Å². The Balaban J connectivity index is 2.30. The average Bonchev–Trinajstić information content (AvgIpc) is 2.43. The first-order chi connectivity index (χ1) is 9.22. The Morgan fingerprint density at radius 1 is 1.37 bits per heavy atom. The van der Waals surface area contributed by atoms with Crippen LogP contribution >= 0.6 is 0 Å². The summed E-state index contributed by atoms with van der Waals surface area (Å²) >= 11 is 0. The monoisotopic (exact) mass is 260 g/mol. The number of benzene rings is 1. The van der Waals surface area contributed by atoms with Gasteiger partial charge in [0.05, 0.1) is 19.8 Å². The zero-order valence-electron chi connectivity index (χ0n) is 11.5. The van der Waals surface area contributed by atoms with Crippen LogP contribution in [-0.4, -0.2) is 25.8 Å². The van der Waals surface area contributed by atoms with Gasteiger partial charge in [0, 0.05) is 0 Å². The van der Waals surface area contributed by atoms with E-state index in [0.29, 0.717) is 19.8 Å². The van der Waals surface area contributed by atoms with E-state index in [1.165, 1.54) is 5.56 Å². The van der Waals surface area contributed by atoms with Crippen LogP contribution in [0.25, 0.3) is 0 Å². The molecule has 0 aliphatic carbocycles. The lowest BCUT2D eigenvalue weighted by atomic mass is 9.88. The third kappa shape index (κ3) is 3.44. The normalized spacial score (nSPS) is 16.6. The Morgan fingerprint density at radius 3 is 2.68 bits per heavy atom. The van der Waals surface area contributed by atoms with E-state index in [2.05, 4.69) is 0 Å². The number of hydrogen-bond donors (Lipinski definition) is 0. The van der Waals surface area contributed by atoms with Crippen LogP contribution in [0.2, 0.25) is 0 Å². The van der Waals surface area contributed by atoms with Gasteiger partial charge in [0.2, 0.25) is 0 Å². The van der Waals surface area contributed by atoms with Gasteiger partial charge in [-0.3, -0.25) is 4.79 Å². The molecule has 3 heteroatoms. The molecule has 0 aromatic heterocycles. The highest BCUT2D eigenvalue weighted by atomic mass is 16.5. The van der Waals surface area contributed by atoms with Crippen molar-refractivity contribution in [2.75, 3.05) is 19.8 Å². The van der Waals surface area contributed by atoms with E-state index in [1.807, 2.05) is 44.2 Å². The Morgan fingerprint density at radius 2 is 2.11 bits per heavy atom. The smallest absolute Gasteiger partial charge is 0.317 e. The number of hydrogen-bond acceptors (Lipinski definition) is 3. The number of carbonyl (C=O) groups excluding carboxylic acids is 1. The summed E-state index contributed by atoms with van der Waals surface area (Å²) in [5.74, 6) is -0.455. The third-order valence-corrected chi connectivity index (χ3v) is 3.30. The van der Waals surface area contributed by atoms with Crippen LogP contribution in [0.1, 0.15) is 30.4 Å². The molecule has 1 atom stereocenters. The standard InChI is InChI=1S/C16H20O3/c1-3-19-16(17)15(14-8-10-18-11-9-14)13-6-4-12(2)5-7-13/h4-8,15H,3,9-11H2,1-2H3. The van der Waals surface area contributed by atoms with E-state index in [4.69, 9.17) is 9.47 Å². The van der Waals surface area contributed by atoms with Gasteiger partial charge in [-0.2, -0.15) is 0 Å². The minimum absolute atomic E-state index is 0.167. The molecule has 0 fully saturated rings. The molecule has 0 radical (unpaired) electrons. The molecule has 0 saturated heterocycles. The second-order valence-electron chi connectivity index (χ2n) is 4.70. The average molecular weight is 260 g/mol. The lowest BCUT2D eigenvalue weighted by Gasteiger charge is -2.22. The summed E-state index contributed by atoms with van der Waals surface area (Å²) in [6.07, 6.45) is 2.79. The van der Waals surface area contributed by atoms with Gasteiger partial charge in [-0.05, 0) is 25.8 Å². The fraction of sp³-hybridized carbons (Fsp3) is 0.438. The molecule has 0 saturated carbocycles. The van der Waals surface area contributed by atoms with Crippen molar-refractivity contribution in [2.45, 2.75) is 26.2 Å². The number of rotatable bonds is 4. The van der Waals surface area contributed by atoms with Crippen molar-refractivity contribution in [3.05, 3.63) is 47.0 Å². The van der Waals surface area contributed by atoms with Gasteiger partial charge in [0.15, 0.2) is 0 Å². The SMILES string of the molecule is CCOC(=O)C(C1=CCOCC1)c1ccc(C)cc1. The molecular formula is C16H20O3. The first-order valence-electron chi connectivity index (χ1n) is 6.72. The van der Waals surface area contributed by atoms with Crippen molar-refractivity contribution in [2.24, 2.45) is 0 Å². The lowest BCUT2D eigenvalue weighted by molar-refractivity contribution is -0.144. The maximum Gasteiger partial charge on any atom is 0.317 e. The summed E-state index contributed by atoms with van der Waals surface area (Å²) < 4.78 is 10.5. The maximum atomic E-state index is 12.2. The number of carbonyl (C=O) groups is 1. The molecule has 0 spiro atoms. The molecule has 102 valence electrons. The van der Waals surface area contributed by atoms with Gasteiger partial charge < -0.3 is 9.47 Å². The lowest BCUT2D eigenvalue weighted by Crippen LogP contribution is -2.21. The molecule has 1 heterocycles. The molecule has 3 nitrogen and oxygen atoms in total. The van der Waals surface area contributed by atoms with Gasteiger partial charge in [-0.15, -0.1) is 0 Å². The van der Waals surface area contributed by atoms with Crippen LogP contribution in [-0.2, 0) is 14.3 Å². The Kier molecular flexibility index (Phi) is 4.74. The Hall–Kier alpha value is -1.61. The van der Waals surface area contributed by atoms with E-state index in [-0.39, 0.29) is 11.9 Å². The van der Waals surface area contributed by atoms with E-state index in [1.54, 1.807) is 0 Å². The van der Waals surface area contributed by atoms with Crippen LogP contribution in [0.5, 0.6) is 0 Å². The number of aryl methyl sites for hydroxylation is 1. The van der Waals surface area contributed by atoms with Crippen LogP contribution in [0.4, 0.5) is 0 Å². The van der Waals surface area contributed by atoms with Gasteiger partial charge in [0.1, 0.15) is 5.92 Å². The third-order valence-electron chi connectivity index (χ3n) is 3.30. The zero-order valence-corrected chi connectivity index (χ0v) is 11.5. The summed E-state index contributed by atoms with van der Waals surface area (Å²) in [6, 6.07) is 8.07. The van der Waals surface area contributed by atoms with E-state index < -0.39 is 0 Å². The van der Waals surface area contributed by atoms with Crippen LogP contribution < -0.4 is 0 Å². The predicted molar refractivity (Wildman–Crippen MR) is 74.1 cm³/mol. The summed E-state index contributed by atoms with van der Waals surface area (Å²) in [4.78, 5) is 12.2. The summed E-state index contributed by atoms with van der Waals surface area (Å²) in [5.41, 5.74) is 3.29. The maximum absolute atomic E-state index is 12.2. The quantitative estimate of drug-likeness (QED) is 0.616. The van der Waals surface area contributed by atoms with Crippen molar-refractivity contribution >= 4 is 5.97 Å². The molecule has 1 aromatic carbocycles. The highest BCUT2D eigenvalue weighted by molar-refractivity contribution is 5.82. The van der Waals surface area contributed by atoms with Crippen molar-refractivity contribution in [3.8, 4) is 0 Å². The topological polar surface area (TPSA) is 35.5 Å². The number of ether oxygens (including phenoxy) is 2. The Bertz CT molecular complexity index is 459. The van der Waals surface area contributed by atoms with Crippen molar-refractivity contribution in [3.63, 3.8) is 0 Å². The van der Waals surface area contributed by atoms with Crippen molar-refractivity contribution < 1.29 is 14.3 Å². The molecule has 1 aromatic rings. The highest BCUT2D eigenvalue weighted by Gasteiger charge is 2.26. The minimum Gasteiger partial charge on any atom is -0.465 e. The largest absolute Gasteiger partial charge is 0.465 e. The van der Waals surface area contributed by atoms with E-state index in [9.17, 15) is 4.79 Å². The summed E-state index contributed by atoms with van der Waals surface area (Å²) in [6.45, 7) is 5.54. The summed E-state index contributed by atoms with van der Waals surface area (Å²) in [7, 11) is 0. The Labute approximate surface area is 114 Å². The molecular weight excluding hydrogens is 240 g/mol. The number of esters is 1. The zero-order chi connectivity index (χ0) is 13.7. The highest BCUT2D eigenvalue weighted by Crippen LogP contribution is 2.30. The van der Waals surface area contributed by atoms with Crippen LogP contribution in [0.3, 0.4) is 0 Å². The van der Waals surface area contributed by atoms with Gasteiger partial charge >= 0.3 is 5.97 Å². The van der Waals surface area contributed by atoms with E-state index >= 15 is 0 Å². The van der Waals surface area contributed by atoms with E-state index in [0.717, 1.165) is 17.6 Å². The first kappa shape index (κ1) is 13.8. The van der Waals surface area contributed by atoms with Gasteiger partial charge in [-0.1, -0.05) is 41.5 Å². The van der Waals surface area contributed by atoms with Crippen LogP contribution in [0, 0.1) is 6.92 Å². The predicted octanol–water partition coefficient (Wildman–Crippen LogP) is 2.99. The molecule has 0 N–H and O–H groups in total. The molecule has 19 heavy (non-hydrogen) atoms. The fourth-order valence-electron chi connectivity index (χ4n) is 2.29. The second-order valence-corrected chi connectivity index (χ2v) is 4.70. The molecule has 1 unspecified atom stereocenters. The fourth-order valence-corrected chi connectivity index (χ4v) is 2.29. The van der Waals surface area contributed by atoms with Crippen LogP contribution in [0.15, 0.2) is 35.9 Å².